The maximum atomic E-state index is 12.6. The number of hydrogen-bond donors (Lipinski definition) is 4. The number of esters is 2. The smallest absolute Gasteiger partial charge is 0.305 e. The van der Waals surface area contributed by atoms with Gasteiger partial charge in [-0.3, -0.25) is 14.4 Å². The summed E-state index contributed by atoms with van der Waals surface area (Å²) in [5.74, 6) is -1.68. The average Bonchev–Trinajstić information content (AvgIpc) is 3.26. The fraction of sp³-hybridized carbons (Fsp3) is 0.857. The third-order valence-corrected chi connectivity index (χ3v) is 8.48. The van der Waals surface area contributed by atoms with E-state index in [-0.39, 0.29) is 56.6 Å². The molecule has 0 aromatic carbocycles. The molecule has 0 aromatic rings. The molecule has 44 heavy (non-hydrogen) atoms. The predicted octanol–water partition coefficient (Wildman–Crippen LogP) is 5.73. The SMILES string of the molecule is CCCCCCCCCCCC(=O)OC[C@H](O)COC(=O)CCCCC(=O)C[C@@H]1[C@@H](/C=C/[C@@H](O)CCCCC)[C@H](O)C[C@@H]1O. The van der Waals surface area contributed by atoms with Gasteiger partial charge in [0.25, 0.3) is 0 Å². The van der Waals surface area contributed by atoms with E-state index in [0.29, 0.717) is 25.7 Å². The van der Waals surface area contributed by atoms with Crippen molar-refractivity contribution in [3.63, 3.8) is 0 Å². The molecule has 1 fully saturated rings. The molecule has 1 rings (SSSR count). The molecule has 0 spiro atoms. The number of carbonyl (C=O) groups is 3. The molecule has 0 saturated heterocycles. The zero-order valence-electron chi connectivity index (χ0n) is 27.5. The number of ether oxygens (including phenoxy) is 2. The fourth-order valence-electron chi connectivity index (χ4n) is 5.73. The second kappa shape index (κ2) is 25.4. The number of aliphatic hydroxyl groups is 4. The fourth-order valence-corrected chi connectivity index (χ4v) is 5.73. The van der Waals surface area contributed by atoms with Gasteiger partial charge in [-0.25, -0.2) is 0 Å². The van der Waals surface area contributed by atoms with E-state index in [1.54, 1.807) is 12.2 Å². The van der Waals surface area contributed by atoms with E-state index < -0.39 is 36.3 Å². The Kier molecular flexibility index (Phi) is 23.2. The van der Waals surface area contributed by atoms with Crippen LogP contribution in [0, 0.1) is 11.8 Å². The van der Waals surface area contributed by atoms with E-state index in [2.05, 4.69) is 13.8 Å². The second-order valence-corrected chi connectivity index (χ2v) is 12.6. The number of unbranched alkanes of at least 4 members (excludes halogenated alkanes) is 11. The number of ketones is 1. The summed E-state index contributed by atoms with van der Waals surface area (Å²) in [5, 5.41) is 40.9. The maximum Gasteiger partial charge on any atom is 0.305 e. The Morgan fingerprint density at radius 1 is 0.705 bits per heavy atom. The van der Waals surface area contributed by atoms with E-state index in [4.69, 9.17) is 9.47 Å². The highest BCUT2D eigenvalue weighted by Gasteiger charge is 2.41. The zero-order chi connectivity index (χ0) is 32.6. The lowest BCUT2D eigenvalue weighted by atomic mass is 9.87. The Bertz CT molecular complexity index is 799. The van der Waals surface area contributed by atoms with Gasteiger partial charge in [0.1, 0.15) is 25.1 Å². The number of aliphatic hydroxyl groups excluding tert-OH is 4. The monoisotopic (exact) mass is 626 g/mol. The summed E-state index contributed by atoms with van der Waals surface area (Å²) in [4.78, 5) is 36.5. The lowest BCUT2D eigenvalue weighted by Crippen LogP contribution is -2.25. The van der Waals surface area contributed by atoms with Crippen molar-refractivity contribution in [1.82, 2.24) is 0 Å². The van der Waals surface area contributed by atoms with Gasteiger partial charge in [0.2, 0.25) is 0 Å². The minimum atomic E-state index is -1.08. The van der Waals surface area contributed by atoms with Crippen LogP contribution < -0.4 is 0 Å². The third-order valence-electron chi connectivity index (χ3n) is 8.48. The van der Waals surface area contributed by atoms with Crippen molar-refractivity contribution in [2.45, 2.75) is 167 Å². The largest absolute Gasteiger partial charge is 0.463 e. The van der Waals surface area contributed by atoms with Crippen LogP contribution in [-0.4, -0.2) is 75.8 Å². The lowest BCUT2D eigenvalue weighted by Gasteiger charge is -2.20. The summed E-state index contributed by atoms with van der Waals surface area (Å²) in [5.41, 5.74) is 0. The van der Waals surface area contributed by atoms with Crippen LogP contribution in [0.25, 0.3) is 0 Å². The van der Waals surface area contributed by atoms with Gasteiger partial charge in [-0.1, -0.05) is 96.6 Å². The molecular weight excluding hydrogens is 564 g/mol. The number of hydrogen-bond acceptors (Lipinski definition) is 9. The van der Waals surface area contributed by atoms with Crippen LogP contribution in [0.1, 0.15) is 142 Å². The highest BCUT2D eigenvalue weighted by atomic mass is 16.6. The topological polar surface area (TPSA) is 151 Å². The van der Waals surface area contributed by atoms with E-state index in [0.717, 1.165) is 38.5 Å². The molecular formula is C35H62O9. The summed E-state index contributed by atoms with van der Waals surface area (Å²) < 4.78 is 10.2. The molecule has 1 saturated carbocycles. The van der Waals surface area contributed by atoms with E-state index in [1.807, 2.05) is 0 Å². The van der Waals surface area contributed by atoms with Gasteiger partial charge >= 0.3 is 11.9 Å². The van der Waals surface area contributed by atoms with Gasteiger partial charge in [0.15, 0.2) is 0 Å². The van der Waals surface area contributed by atoms with Gasteiger partial charge in [-0.2, -0.15) is 0 Å². The highest BCUT2D eigenvalue weighted by Crippen LogP contribution is 2.36. The van der Waals surface area contributed by atoms with E-state index in [9.17, 15) is 34.8 Å². The van der Waals surface area contributed by atoms with Gasteiger partial charge in [0.05, 0.1) is 18.3 Å². The molecule has 9 heteroatoms. The van der Waals surface area contributed by atoms with Crippen LogP contribution in [0.5, 0.6) is 0 Å². The van der Waals surface area contributed by atoms with Crippen LogP contribution in [0.4, 0.5) is 0 Å². The lowest BCUT2D eigenvalue weighted by molar-refractivity contribution is -0.152. The van der Waals surface area contributed by atoms with Crippen molar-refractivity contribution < 1.29 is 44.3 Å². The molecule has 6 atom stereocenters. The maximum absolute atomic E-state index is 12.6. The molecule has 256 valence electrons. The minimum absolute atomic E-state index is 0.0435. The summed E-state index contributed by atoms with van der Waals surface area (Å²) >= 11 is 0. The normalized spacial score (nSPS) is 21.4. The van der Waals surface area contributed by atoms with Crippen molar-refractivity contribution in [3.05, 3.63) is 12.2 Å². The van der Waals surface area contributed by atoms with E-state index >= 15 is 0 Å². The van der Waals surface area contributed by atoms with Crippen molar-refractivity contribution in [2.75, 3.05) is 13.2 Å². The van der Waals surface area contributed by atoms with Crippen molar-refractivity contribution in [3.8, 4) is 0 Å². The first kappa shape index (κ1) is 40.2. The molecule has 4 N–H and O–H groups in total. The van der Waals surface area contributed by atoms with Gasteiger partial charge < -0.3 is 29.9 Å². The number of Topliss-reactive ketones (excluding diaryl/α,β-unsaturated/α-hetero) is 1. The summed E-state index contributed by atoms with van der Waals surface area (Å²) in [6, 6.07) is 0. The molecule has 1 aliphatic carbocycles. The van der Waals surface area contributed by atoms with Crippen LogP contribution in [-0.2, 0) is 23.9 Å². The quantitative estimate of drug-likeness (QED) is 0.0509. The molecule has 0 amide bonds. The zero-order valence-corrected chi connectivity index (χ0v) is 27.5. The molecule has 0 bridgehead atoms. The highest BCUT2D eigenvalue weighted by molar-refractivity contribution is 5.79. The first-order chi connectivity index (χ1) is 21.2. The number of carbonyl (C=O) groups excluding carboxylic acids is 3. The molecule has 0 unspecified atom stereocenters. The summed E-state index contributed by atoms with van der Waals surface area (Å²) in [6.45, 7) is 3.83. The first-order valence-corrected chi connectivity index (χ1v) is 17.4. The van der Waals surface area contributed by atoms with Crippen molar-refractivity contribution in [2.24, 2.45) is 11.8 Å². The molecule has 1 aliphatic rings. The second-order valence-electron chi connectivity index (χ2n) is 12.6. The van der Waals surface area contributed by atoms with Crippen molar-refractivity contribution >= 4 is 17.7 Å². The number of rotatable bonds is 27. The van der Waals surface area contributed by atoms with Gasteiger partial charge in [-0.15, -0.1) is 0 Å². The standard InChI is InChI=1S/C35H62O9/c1-3-5-7-8-9-10-11-12-14-19-34(41)43-25-29(38)26-44-35(42)20-16-15-18-28(37)23-31-30(32(39)24-33(31)40)22-21-27(36)17-13-6-4-2/h21-22,27,29-33,36,38-40H,3-20,23-26H2,1-2H3/b22-21+/t27-,29-,30+,31+,32+,33-/m0/s1. The average molecular weight is 627 g/mol. The Balaban J connectivity index is 2.16. The van der Waals surface area contributed by atoms with Crippen molar-refractivity contribution in [1.29, 1.82) is 0 Å². The van der Waals surface area contributed by atoms with Crippen LogP contribution in [0.2, 0.25) is 0 Å². The van der Waals surface area contributed by atoms with Gasteiger partial charge in [-0.05, 0) is 25.7 Å². The molecule has 0 aliphatic heterocycles. The van der Waals surface area contributed by atoms with Gasteiger partial charge in [0, 0.05) is 43.9 Å². The molecule has 9 nitrogen and oxygen atoms in total. The summed E-state index contributed by atoms with van der Waals surface area (Å²) in [7, 11) is 0. The summed E-state index contributed by atoms with van der Waals surface area (Å²) in [6.07, 6.45) is 16.2. The van der Waals surface area contributed by atoms with Crippen LogP contribution >= 0.6 is 0 Å². The predicted molar refractivity (Wildman–Crippen MR) is 171 cm³/mol. The van der Waals surface area contributed by atoms with Crippen LogP contribution in [0.15, 0.2) is 12.2 Å². The van der Waals surface area contributed by atoms with Crippen LogP contribution in [0.3, 0.4) is 0 Å². The third kappa shape index (κ3) is 19.6. The molecule has 0 aromatic heterocycles. The molecule has 0 heterocycles. The minimum Gasteiger partial charge on any atom is -0.463 e. The Morgan fingerprint density at radius 2 is 1.20 bits per heavy atom. The Labute approximate surface area is 265 Å². The molecule has 0 radical (unpaired) electrons. The van der Waals surface area contributed by atoms with E-state index in [1.165, 1.54) is 38.5 Å². The Hall–Kier alpha value is -1.81. The Morgan fingerprint density at radius 3 is 1.80 bits per heavy atom. The first-order valence-electron chi connectivity index (χ1n) is 17.4.